The first-order valence-electron chi connectivity index (χ1n) is 4.11. The van der Waals surface area contributed by atoms with Gasteiger partial charge >= 0.3 is 0 Å². The number of rotatable bonds is 4. The lowest BCUT2D eigenvalue weighted by molar-refractivity contribution is 0.274. The highest BCUT2D eigenvalue weighted by Gasteiger charge is 1.97. The Morgan fingerprint density at radius 2 is 1.75 bits per heavy atom. The molecule has 12 heavy (non-hydrogen) atoms. The van der Waals surface area contributed by atoms with Crippen LogP contribution in [0.15, 0.2) is 23.2 Å². The Bertz CT molecular complexity index is 190. The zero-order valence-electron chi connectivity index (χ0n) is 8.60. The highest BCUT2D eigenvalue weighted by atomic mass is 16.5. The minimum atomic E-state index is 0.861. The fraction of sp³-hybridized carbons (Fsp3) is 0.600. The Morgan fingerprint density at radius 1 is 1.17 bits per heavy atom. The van der Waals surface area contributed by atoms with Gasteiger partial charge in [-0.15, -0.1) is 0 Å². The van der Waals surface area contributed by atoms with Gasteiger partial charge in [0.25, 0.3) is 0 Å². The first-order chi connectivity index (χ1) is 5.65. The van der Waals surface area contributed by atoms with Gasteiger partial charge in [0.15, 0.2) is 0 Å². The molecule has 2 heteroatoms. The molecule has 0 atom stereocenters. The molecule has 0 spiro atoms. The fourth-order valence-electron chi connectivity index (χ4n) is 0.774. The summed E-state index contributed by atoms with van der Waals surface area (Å²) >= 11 is 0. The maximum atomic E-state index is 5.20. The van der Waals surface area contributed by atoms with Gasteiger partial charge in [-0.1, -0.05) is 6.92 Å². The molecule has 0 fully saturated rings. The summed E-state index contributed by atoms with van der Waals surface area (Å²) in [5.74, 6) is 1.76. The summed E-state index contributed by atoms with van der Waals surface area (Å²) in [5, 5.41) is 0. The van der Waals surface area contributed by atoms with Crippen molar-refractivity contribution in [3.63, 3.8) is 0 Å². The third-order valence-electron chi connectivity index (χ3n) is 1.83. The third kappa shape index (κ3) is 3.46. The fourth-order valence-corrected chi connectivity index (χ4v) is 0.774. The van der Waals surface area contributed by atoms with Crippen molar-refractivity contribution >= 4 is 0 Å². The van der Waals surface area contributed by atoms with Crippen molar-refractivity contribution < 1.29 is 9.47 Å². The number of hydrogen-bond acceptors (Lipinski definition) is 2. The molecule has 0 saturated heterocycles. The molecule has 0 aromatic carbocycles. The van der Waals surface area contributed by atoms with Crippen LogP contribution in [0.25, 0.3) is 0 Å². The normalized spacial score (nSPS) is 13.9. The molecule has 0 unspecified atom stereocenters. The first kappa shape index (κ1) is 11.1. The minimum Gasteiger partial charge on any atom is -0.501 e. The van der Waals surface area contributed by atoms with Gasteiger partial charge in [-0.25, -0.2) is 0 Å². The Morgan fingerprint density at radius 3 is 2.08 bits per heavy atom. The van der Waals surface area contributed by atoms with Crippen LogP contribution < -0.4 is 0 Å². The summed E-state index contributed by atoms with van der Waals surface area (Å²) in [5.41, 5.74) is 1.23. The van der Waals surface area contributed by atoms with Gasteiger partial charge in [0.05, 0.1) is 20.0 Å². The second-order valence-corrected chi connectivity index (χ2v) is 2.66. The largest absolute Gasteiger partial charge is 0.501 e. The highest BCUT2D eigenvalue weighted by Crippen LogP contribution is 2.12. The molecule has 0 radical (unpaired) electrons. The van der Waals surface area contributed by atoms with Crippen molar-refractivity contribution in [3.05, 3.63) is 23.2 Å². The number of methoxy groups -OCH3 is 2. The van der Waals surface area contributed by atoms with E-state index in [2.05, 4.69) is 13.8 Å². The van der Waals surface area contributed by atoms with Crippen molar-refractivity contribution in [1.82, 2.24) is 0 Å². The smallest absolute Gasteiger partial charge is 0.121 e. The van der Waals surface area contributed by atoms with Gasteiger partial charge in [-0.2, -0.15) is 0 Å². The van der Waals surface area contributed by atoms with E-state index in [0.29, 0.717) is 0 Å². The average Bonchev–Trinajstić information content (AvgIpc) is 2.12. The zero-order valence-corrected chi connectivity index (χ0v) is 8.60. The minimum absolute atomic E-state index is 0.861. The van der Waals surface area contributed by atoms with E-state index >= 15 is 0 Å². The molecule has 0 amide bonds. The van der Waals surface area contributed by atoms with E-state index in [9.17, 15) is 0 Å². The van der Waals surface area contributed by atoms with Gasteiger partial charge in [0, 0.05) is 6.08 Å². The van der Waals surface area contributed by atoms with Crippen LogP contribution in [0.3, 0.4) is 0 Å². The Balaban J connectivity index is 4.57. The summed E-state index contributed by atoms with van der Waals surface area (Å²) in [4.78, 5) is 0. The van der Waals surface area contributed by atoms with Crippen LogP contribution >= 0.6 is 0 Å². The molecule has 0 heterocycles. The van der Waals surface area contributed by atoms with Crippen molar-refractivity contribution in [1.29, 1.82) is 0 Å². The first-order valence-corrected chi connectivity index (χ1v) is 4.11. The van der Waals surface area contributed by atoms with E-state index in [1.165, 1.54) is 5.57 Å². The monoisotopic (exact) mass is 170 g/mol. The van der Waals surface area contributed by atoms with Crippen LogP contribution in [0.5, 0.6) is 0 Å². The maximum absolute atomic E-state index is 5.20. The van der Waals surface area contributed by atoms with Crippen molar-refractivity contribution in [2.75, 3.05) is 14.2 Å². The van der Waals surface area contributed by atoms with Crippen LogP contribution in [0.4, 0.5) is 0 Å². The van der Waals surface area contributed by atoms with Crippen LogP contribution in [0, 0.1) is 0 Å². The molecular weight excluding hydrogens is 152 g/mol. The van der Waals surface area contributed by atoms with Crippen molar-refractivity contribution in [3.8, 4) is 0 Å². The Kier molecular flexibility index (Phi) is 5.26. The SMILES string of the molecule is CC/C(C)=C(\C=C(/C)OC)OC. The molecule has 0 aliphatic rings. The molecule has 70 valence electrons. The zero-order chi connectivity index (χ0) is 9.56. The van der Waals surface area contributed by atoms with Gasteiger partial charge in [-0.05, 0) is 25.8 Å². The topological polar surface area (TPSA) is 18.5 Å². The van der Waals surface area contributed by atoms with E-state index < -0.39 is 0 Å². The number of hydrogen-bond donors (Lipinski definition) is 0. The summed E-state index contributed by atoms with van der Waals surface area (Å²) in [6.45, 7) is 6.06. The molecule has 0 saturated carbocycles. The number of allylic oxidation sites excluding steroid dienone is 3. The summed E-state index contributed by atoms with van der Waals surface area (Å²) < 4.78 is 10.2. The second kappa shape index (κ2) is 5.70. The van der Waals surface area contributed by atoms with E-state index in [0.717, 1.165) is 17.9 Å². The van der Waals surface area contributed by atoms with Crippen LogP contribution in [0.1, 0.15) is 27.2 Å². The standard InChI is InChI=1S/C10H18O2/c1-6-8(2)10(12-5)7-9(3)11-4/h7H,6H2,1-5H3/b9-7+,10-8+. The summed E-state index contributed by atoms with van der Waals surface area (Å²) in [6, 6.07) is 0. The molecule has 0 rings (SSSR count). The van der Waals surface area contributed by atoms with E-state index in [1.54, 1.807) is 14.2 Å². The predicted octanol–water partition coefficient (Wildman–Crippen LogP) is 2.87. The quantitative estimate of drug-likeness (QED) is 0.477. The third-order valence-corrected chi connectivity index (χ3v) is 1.83. The van der Waals surface area contributed by atoms with Gasteiger partial charge < -0.3 is 9.47 Å². The second-order valence-electron chi connectivity index (χ2n) is 2.66. The van der Waals surface area contributed by atoms with Crippen LogP contribution in [-0.2, 0) is 9.47 Å². The predicted molar refractivity (Wildman–Crippen MR) is 50.8 cm³/mol. The van der Waals surface area contributed by atoms with Crippen molar-refractivity contribution in [2.24, 2.45) is 0 Å². The van der Waals surface area contributed by atoms with Gasteiger partial charge in [-0.3, -0.25) is 0 Å². The molecule has 0 N–H and O–H groups in total. The lowest BCUT2D eigenvalue weighted by Gasteiger charge is -2.06. The van der Waals surface area contributed by atoms with Crippen LogP contribution in [0.2, 0.25) is 0 Å². The Hall–Kier alpha value is -0.920. The average molecular weight is 170 g/mol. The van der Waals surface area contributed by atoms with E-state index in [4.69, 9.17) is 9.47 Å². The molecule has 0 aliphatic carbocycles. The lowest BCUT2D eigenvalue weighted by Crippen LogP contribution is -1.90. The highest BCUT2D eigenvalue weighted by molar-refractivity contribution is 5.20. The molecule has 0 aliphatic heterocycles. The Labute approximate surface area is 74.9 Å². The number of ether oxygens (including phenoxy) is 2. The summed E-state index contributed by atoms with van der Waals surface area (Å²) in [6.07, 6.45) is 2.90. The van der Waals surface area contributed by atoms with Crippen molar-refractivity contribution in [2.45, 2.75) is 27.2 Å². The van der Waals surface area contributed by atoms with E-state index in [-0.39, 0.29) is 0 Å². The lowest BCUT2D eigenvalue weighted by atomic mass is 10.2. The molecule has 0 aromatic rings. The molecular formula is C10H18O2. The van der Waals surface area contributed by atoms with Gasteiger partial charge in [0.1, 0.15) is 5.76 Å². The maximum Gasteiger partial charge on any atom is 0.121 e. The van der Waals surface area contributed by atoms with Gasteiger partial charge in [0.2, 0.25) is 0 Å². The van der Waals surface area contributed by atoms with E-state index in [1.807, 2.05) is 13.0 Å². The molecule has 2 nitrogen and oxygen atoms in total. The molecule has 0 aromatic heterocycles. The molecule has 0 bridgehead atoms. The van der Waals surface area contributed by atoms with Crippen LogP contribution in [-0.4, -0.2) is 14.2 Å². The summed E-state index contributed by atoms with van der Waals surface area (Å²) in [7, 11) is 3.33.